The first kappa shape index (κ1) is 28.5. The number of rotatable bonds is 5. The van der Waals surface area contributed by atoms with E-state index in [0.29, 0.717) is 16.7 Å². The third-order valence-corrected chi connectivity index (χ3v) is 6.91. The lowest BCUT2D eigenvalue weighted by molar-refractivity contribution is -0.192. The Morgan fingerprint density at radius 1 is 1.12 bits per heavy atom. The number of nitrogens with two attached hydrogens (primary N) is 1. The van der Waals surface area contributed by atoms with E-state index in [0.717, 1.165) is 30.5 Å². The van der Waals surface area contributed by atoms with E-state index in [4.69, 9.17) is 15.6 Å². The monoisotopic (exact) mass is 560 g/mol. The number of pyridine rings is 1. The smallest absolute Gasteiger partial charge is 0.475 e. The molecule has 2 aliphatic rings. The van der Waals surface area contributed by atoms with Crippen molar-refractivity contribution in [2.45, 2.75) is 57.9 Å². The summed E-state index contributed by atoms with van der Waals surface area (Å²) in [5.41, 5.74) is 8.11. The lowest BCUT2D eigenvalue weighted by Gasteiger charge is -2.34. The van der Waals surface area contributed by atoms with Gasteiger partial charge in [-0.2, -0.15) is 18.3 Å². The Morgan fingerprint density at radius 2 is 1.80 bits per heavy atom. The number of benzene rings is 1. The summed E-state index contributed by atoms with van der Waals surface area (Å²) in [6, 6.07) is 10.4. The molecule has 0 radical (unpaired) electrons. The van der Waals surface area contributed by atoms with Crippen LogP contribution in [0.15, 0.2) is 36.4 Å². The molecule has 4 N–H and O–H groups in total. The molecule has 2 fully saturated rings. The van der Waals surface area contributed by atoms with E-state index in [-0.39, 0.29) is 36.0 Å². The first-order valence-corrected chi connectivity index (χ1v) is 12.4. The fraction of sp³-hybridized carbons (Fsp3) is 0.385. The van der Waals surface area contributed by atoms with Crippen LogP contribution in [0.2, 0.25) is 0 Å². The topological polar surface area (TPSA) is 161 Å². The number of hydrogen-bond acceptors (Lipinski definition) is 6. The maximum atomic E-state index is 13.5. The van der Waals surface area contributed by atoms with Crippen LogP contribution in [0.1, 0.15) is 41.0 Å². The highest BCUT2D eigenvalue weighted by Gasteiger charge is 2.51. The number of fused-ring (bicyclic) bond motifs is 3. The number of carbonyl (C=O) groups is 4. The maximum absolute atomic E-state index is 13.5. The van der Waals surface area contributed by atoms with Crippen LogP contribution in [0.5, 0.6) is 0 Å². The van der Waals surface area contributed by atoms with Gasteiger partial charge in [0.1, 0.15) is 18.4 Å². The minimum Gasteiger partial charge on any atom is -0.475 e. The standard InChI is InChI=1S/C24H26N6O3.C2HF3O2/c1-13-9-14(2)26-19(10-13)27-24(33)22-15-7-8-16(11-15)30(22)20(31)12-29-18-6-4-3-5-17(18)21(28-29)23(25)32;3-2(4,5)1(6)7/h3-6,9-10,15-16,22H,7-8,11-12H2,1-2H3,(H2,25,32)(H,26,27,33);(H,6,7)/t15-,16+,22-;/m0./s1. The highest BCUT2D eigenvalue weighted by Crippen LogP contribution is 2.43. The summed E-state index contributed by atoms with van der Waals surface area (Å²) in [4.78, 5) is 53.6. The van der Waals surface area contributed by atoms with Gasteiger partial charge in [-0.1, -0.05) is 18.2 Å². The average molecular weight is 561 g/mol. The Bertz CT molecular complexity index is 1470. The highest BCUT2D eigenvalue weighted by molar-refractivity contribution is 6.04. The first-order chi connectivity index (χ1) is 18.8. The summed E-state index contributed by atoms with van der Waals surface area (Å²) in [5.74, 6) is -3.18. The molecule has 0 unspecified atom stereocenters. The molecule has 14 heteroatoms. The molecule has 212 valence electrons. The van der Waals surface area contributed by atoms with Crippen LogP contribution in [0.3, 0.4) is 0 Å². The summed E-state index contributed by atoms with van der Waals surface area (Å²) in [6.07, 6.45) is -2.46. The number of para-hydroxylation sites is 1. The second kappa shape index (κ2) is 10.9. The Hall–Kier alpha value is -4.49. The second-order valence-corrected chi connectivity index (χ2v) is 9.82. The number of carboxylic acid groups (broad SMARTS) is 1. The zero-order chi connectivity index (χ0) is 29.4. The van der Waals surface area contributed by atoms with Crippen LogP contribution < -0.4 is 11.1 Å². The molecule has 3 atom stereocenters. The SMILES string of the molecule is Cc1cc(C)nc(NC(=O)[C@@H]2[C@H]3CC[C@H](C3)N2C(=O)Cn2nc(C(N)=O)c3ccccc32)c1.O=C(O)C(F)(F)F. The zero-order valence-corrected chi connectivity index (χ0v) is 21.6. The van der Waals surface area contributed by atoms with Gasteiger partial charge in [-0.25, -0.2) is 9.78 Å². The van der Waals surface area contributed by atoms with Crippen LogP contribution in [0.25, 0.3) is 10.9 Å². The number of nitrogens with zero attached hydrogens (tertiary/aromatic N) is 4. The van der Waals surface area contributed by atoms with Gasteiger partial charge in [0.2, 0.25) is 11.8 Å². The number of aliphatic carboxylic acids is 1. The molecule has 1 saturated carbocycles. The van der Waals surface area contributed by atoms with Crippen molar-refractivity contribution in [2.75, 3.05) is 5.32 Å². The first-order valence-electron chi connectivity index (χ1n) is 12.4. The van der Waals surface area contributed by atoms with Crippen molar-refractivity contribution in [3.05, 3.63) is 53.3 Å². The quantitative estimate of drug-likeness (QED) is 0.432. The van der Waals surface area contributed by atoms with Gasteiger partial charge in [-0.3, -0.25) is 19.1 Å². The van der Waals surface area contributed by atoms with Crippen LogP contribution in [0, 0.1) is 19.8 Å². The van der Waals surface area contributed by atoms with E-state index < -0.39 is 24.1 Å². The molecule has 1 aliphatic carbocycles. The molecular weight excluding hydrogens is 533 g/mol. The molecule has 3 aromatic rings. The van der Waals surface area contributed by atoms with E-state index in [1.165, 1.54) is 4.68 Å². The van der Waals surface area contributed by atoms with Crippen molar-refractivity contribution in [1.82, 2.24) is 19.7 Å². The number of piperidine rings is 1. The van der Waals surface area contributed by atoms with Crippen molar-refractivity contribution in [1.29, 1.82) is 0 Å². The third kappa shape index (κ3) is 5.90. The number of hydrogen-bond donors (Lipinski definition) is 3. The predicted molar refractivity (Wildman–Crippen MR) is 136 cm³/mol. The number of anilines is 1. The maximum Gasteiger partial charge on any atom is 0.490 e. The fourth-order valence-corrected chi connectivity index (χ4v) is 5.43. The number of carbonyl (C=O) groups excluding carboxylic acids is 3. The Kier molecular flexibility index (Phi) is 7.80. The number of aryl methyl sites for hydroxylation is 2. The van der Waals surface area contributed by atoms with Crippen molar-refractivity contribution in [2.24, 2.45) is 11.7 Å². The fourth-order valence-electron chi connectivity index (χ4n) is 5.43. The summed E-state index contributed by atoms with van der Waals surface area (Å²) in [6.45, 7) is 3.76. The largest absolute Gasteiger partial charge is 0.490 e. The molecule has 3 amide bonds. The number of nitrogens with one attached hydrogen (secondary N) is 1. The minimum absolute atomic E-state index is 0.0305. The number of alkyl halides is 3. The summed E-state index contributed by atoms with van der Waals surface area (Å²) < 4.78 is 33.2. The highest BCUT2D eigenvalue weighted by atomic mass is 19.4. The second-order valence-electron chi connectivity index (χ2n) is 9.82. The van der Waals surface area contributed by atoms with Gasteiger partial charge in [0.05, 0.1) is 5.52 Å². The Labute approximate surface area is 226 Å². The lowest BCUT2D eigenvalue weighted by atomic mass is 9.97. The average Bonchev–Trinajstić information content (AvgIpc) is 3.57. The predicted octanol–water partition coefficient (Wildman–Crippen LogP) is 2.80. The van der Waals surface area contributed by atoms with Crippen LogP contribution in [-0.2, 0) is 20.9 Å². The normalized spacial score (nSPS) is 19.7. The molecule has 2 aromatic heterocycles. The van der Waals surface area contributed by atoms with E-state index in [9.17, 15) is 27.6 Å². The number of aromatic nitrogens is 3. The molecule has 5 rings (SSSR count). The third-order valence-electron chi connectivity index (χ3n) is 6.91. The number of amides is 3. The van der Waals surface area contributed by atoms with Gasteiger partial charge in [0, 0.05) is 17.1 Å². The van der Waals surface area contributed by atoms with Crippen LogP contribution in [-0.4, -0.2) is 66.7 Å². The van der Waals surface area contributed by atoms with Crippen molar-refractivity contribution >= 4 is 40.4 Å². The molecule has 40 heavy (non-hydrogen) atoms. The van der Waals surface area contributed by atoms with Gasteiger partial charge >= 0.3 is 12.1 Å². The van der Waals surface area contributed by atoms with Gasteiger partial charge in [-0.15, -0.1) is 0 Å². The van der Waals surface area contributed by atoms with Crippen molar-refractivity contribution in [3.8, 4) is 0 Å². The number of likely N-dealkylation sites (tertiary alicyclic amines) is 1. The van der Waals surface area contributed by atoms with Crippen molar-refractivity contribution in [3.63, 3.8) is 0 Å². The van der Waals surface area contributed by atoms with Crippen LogP contribution >= 0.6 is 0 Å². The van der Waals surface area contributed by atoms with Crippen molar-refractivity contribution < 1.29 is 37.5 Å². The molecular formula is C26H27F3N6O5. The van der Waals surface area contributed by atoms with E-state index in [1.54, 1.807) is 23.1 Å². The molecule has 0 spiro atoms. The zero-order valence-electron chi connectivity index (χ0n) is 21.6. The summed E-state index contributed by atoms with van der Waals surface area (Å²) >= 11 is 0. The number of primary amides is 1. The van der Waals surface area contributed by atoms with E-state index in [1.807, 2.05) is 32.0 Å². The molecule has 1 aromatic carbocycles. The van der Waals surface area contributed by atoms with E-state index >= 15 is 0 Å². The number of carboxylic acids is 1. The van der Waals surface area contributed by atoms with Crippen LogP contribution in [0.4, 0.5) is 19.0 Å². The summed E-state index contributed by atoms with van der Waals surface area (Å²) in [5, 5.41) is 15.0. The summed E-state index contributed by atoms with van der Waals surface area (Å²) in [7, 11) is 0. The van der Waals surface area contributed by atoms with Gasteiger partial charge in [0.15, 0.2) is 5.69 Å². The molecule has 2 bridgehead atoms. The Balaban J connectivity index is 0.000000470. The minimum atomic E-state index is -5.08. The van der Waals surface area contributed by atoms with E-state index in [2.05, 4.69) is 15.4 Å². The molecule has 11 nitrogen and oxygen atoms in total. The molecule has 1 aliphatic heterocycles. The van der Waals surface area contributed by atoms with Gasteiger partial charge < -0.3 is 21.1 Å². The lowest BCUT2D eigenvalue weighted by Crippen LogP contribution is -2.52. The number of halogens is 3. The molecule has 1 saturated heterocycles. The molecule has 3 heterocycles. The van der Waals surface area contributed by atoms with Gasteiger partial charge in [-0.05, 0) is 62.8 Å². The Morgan fingerprint density at radius 3 is 2.42 bits per heavy atom. The van der Waals surface area contributed by atoms with Gasteiger partial charge in [0.25, 0.3) is 5.91 Å².